The van der Waals surface area contributed by atoms with E-state index in [9.17, 15) is 13.2 Å². The number of hydrogen-bond donors (Lipinski definition) is 1. The van der Waals surface area contributed by atoms with E-state index in [0.29, 0.717) is 11.6 Å². The predicted molar refractivity (Wildman–Crippen MR) is 93.0 cm³/mol. The van der Waals surface area contributed by atoms with Crippen molar-refractivity contribution in [2.24, 2.45) is 0 Å². The van der Waals surface area contributed by atoms with Crippen LogP contribution >= 0.6 is 0 Å². The van der Waals surface area contributed by atoms with Gasteiger partial charge in [0.1, 0.15) is 0 Å². The Balaban J connectivity index is 2.01. The highest BCUT2D eigenvalue weighted by atomic mass is 32.2. The number of sulfonamides is 1. The molecule has 1 saturated carbocycles. The van der Waals surface area contributed by atoms with Crippen molar-refractivity contribution in [2.75, 3.05) is 18.1 Å². The fourth-order valence-electron chi connectivity index (χ4n) is 3.00. The molecule has 0 spiro atoms. The van der Waals surface area contributed by atoms with Crippen LogP contribution in [-0.4, -0.2) is 37.5 Å². The summed E-state index contributed by atoms with van der Waals surface area (Å²) in [6, 6.07) is 7.62. The summed E-state index contributed by atoms with van der Waals surface area (Å²) in [6.45, 7) is 4.10. The Hall–Kier alpha value is -1.40. The SMILES string of the molecule is CC(C)c1ccc(NC(=O)CN(C2CCCC2)S(C)(=O)=O)cc1. The number of hydrogen-bond acceptors (Lipinski definition) is 3. The van der Waals surface area contributed by atoms with Gasteiger partial charge in [0.25, 0.3) is 0 Å². The lowest BCUT2D eigenvalue weighted by Gasteiger charge is -2.25. The van der Waals surface area contributed by atoms with Crippen LogP contribution in [0, 0.1) is 0 Å². The van der Waals surface area contributed by atoms with E-state index in [-0.39, 0.29) is 18.5 Å². The fraction of sp³-hybridized carbons (Fsp3) is 0.588. The molecule has 1 N–H and O–H groups in total. The van der Waals surface area contributed by atoms with E-state index in [4.69, 9.17) is 0 Å². The second-order valence-electron chi connectivity index (χ2n) is 6.57. The summed E-state index contributed by atoms with van der Waals surface area (Å²) in [5.74, 6) is 0.141. The van der Waals surface area contributed by atoms with E-state index < -0.39 is 10.0 Å². The minimum Gasteiger partial charge on any atom is -0.325 e. The van der Waals surface area contributed by atoms with E-state index in [0.717, 1.165) is 25.7 Å². The molecule has 0 saturated heterocycles. The number of anilines is 1. The summed E-state index contributed by atoms with van der Waals surface area (Å²) in [7, 11) is -3.38. The highest BCUT2D eigenvalue weighted by Crippen LogP contribution is 2.25. The summed E-state index contributed by atoms with van der Waals surface area (Å²) in [5.41, 5.74) is 1.89. The van der Waals surface area contributed by atoms with Crippen molar-refractivity contribution in [2.45, 2.75) is 51.5 Å². The molecule has 6 heteroatoms. The van der Waals surface area contributed by atoms with Gasteiger partial charge in [-0.05, 0) is 36.5 Å². The van der Waals surface area contributed by atoms with E-state index in [1.165, 1.54) is 16.1 Å². The van der Waals surface area contributed by atoms with Gasteiger partial charge in [0.15, 0.2) is 0 Å². The lowest BCUT2D eigenvalue weighted by atomic mass is 10.0. The maximum Gasteiger partial charge on any atom is 0.239 e. The van der Waals surface area contributed by atoms with Crippen LogP contribution in [0.3, 0.4) is 0 Å². The summed E-state index contributed by atoms with van der Waals surface area (Å²) < 4.78 is 25.3. The first-order valence-corrected chi connectivity index (χ1v) is 9.99. The van der Waals surface area contributed by atoms with Crippen LogP contribution in [0.25, 0.3) is 0 Å². The van der Waals surface area contributed by atoms with E-state index in [2.05, 4.69) is 19.2 Å². The summed E-state index contributed by atoms with van der Waals surface area (Å²) >= 11 is 0. The Morgan fingerprint density at radius 1 is 1.22 bits per heavy atom. The normalized spacial score (nSPS) is 16.2. The largest absolute Gasteiger partial charge is 0.325 e. The molecule has 0 bridgehead atoms. The summed E-state index contributed by atoms with van der Waals surface area (Å²) in [6.07, 6.45) is 4.90. The molecule has 23 heavy (non-hydrogen) atoms. The number of rotatable bonds is 6. The van der Waals surface area contributed by atoms with Gasteiger partial charge in [-0.25, -0.2) is 8.42 Å². The van der Waals surface area contributed by atoms with Crippen LogP contribution in [0.5, 0.6) is 0 Å². The van der Waals surface area contributed by atoms with Crippen LogP contribution in [-0.2, 0) is 14.8 Å². The van der Waals surface area contributed by atoms with Gasteiger partial charge < -0.3 is 5.32 Å². The molecule has 2 rings (SSSR count). The molecule has 1 aromatic rings. The number of amides is 1. The van der Waals surface area contributed by atoms with Crippen LogP contribution in [0.15, 0.2) is 24.3 Å². The minimum atomic E-state index is -3.38. The zero-order chi connectivity index (χ0) is 17.0. The lowest BCUT2D eigenvalue weighted by molar-refractivity contribution is -0.116. The Labute approximate surface area is 139 Å². The van der Waals surface area contributed by atoms with Crippen molar-refractivity contribution < 1.29 is 13.2 Å². The highest BCUT2D eigenvalue weighted by molar-refractivity contribution is 7.88. The van der Waals surface area contributed by atoms with Crippen LogP contribution in [0.4, 0.5) is 5.69 Å². The maximum absolute atomic E-state index is 12.2. The number of carbonyl (C=O) groups is 1. The predicted octanol–water partition coefficient (Wildman–Crippen LogP) is 2.95. The Morgan fingerprint density at radius 2 is 1.78 bits per heavy atom. The van der Waals surface area contributed by atoms with Gasteiger partial charge in [0.05, 0.1) is 12.8 Å². The molecule has 128 valence electrons. The first-order chi connectivity index (χ1) is 10.8. The zero-order valence-electron chi connectivity index (χ0n) is 14.1. The second-order valence-corrected chi connectivity index (χ2v) is 8.51. The zero-order valence-corrected chi connectivity index (χ0v) is 14.9. The number of benzene rings is 1. The van der Waals surface area contributed by atoms with Crippen molar-refractivity contribution >= 4 is 21.6 Å². The van der Waals surface area contributed by atoms with Crippen molar-refractivity contribution in [3.05, 3.63) is 29.8 Å². The number of nitrogens with zero attached hydrogens (tertiary/aromatic N) is 1. The molecule has 0 aromatic heterocycles. The monoisotopic (exact) mass is 338 g/mol. The average Bonchev–Trinajstić information content (AvgIpc) is 2.98. The average molecular weight is 338 g/mol. The third-order valence-corrected chi connectivity index (χ3v) is 5.60. The second kappa shape index (κ2) is 7.45. The van der Waals surface area contributed by atoms with Gasteiger partial charge in [-0.1, -0.05) is 38.8 Å². The van der Waals surface area contributed by atoms with Gasteiger partial charge in [-0.15, -0.1) is 0 Å². The molecular weight excluding hydrogens is 312 g/mol. The standard InChI is InChI=1S/C17H26N2O3S/c1-13(2)14-8-10-15(11-9-14)18-17(20)12-19(23(3,21)22)16-6-4-5-7-16/h8-11,13,16H,4-7,12H2,1-3H3,(H,18,20). The molecule has 0 aliphatic heterocycles. The van der Waals surface area contributed by atoms with Crippen molar-refractivity contribution in [3.8, 4) is 0 Å². The Bertz CT molecular complexity index is 632. The smallest absolute Gasteiger partial charge is 0.239 e. The van der Waals surface area contributed by atoms with E-state index in [1.807, 2.05) is 24.3 Å². The van der Waals surface area contributed by atoms with Gasteiger partial charge in [-0.2, -0.15) is 4.31 Å². The third-order valence-electron chi connectivity index (χ3n) is 4.32. The van der Waals surface area contributed by atoms with Gasteiger partial charge in [0.2, 0.25) is 15.9 Å². The molecule has 5 nitrogen and oxygen atoms in total. The van der Waals surface area contributed by atoms with Crippen LogP contribution in [0.1, 0.15) is 51.0 Å². The number of nitrogens with one attached hydrogen (secondary N) is 1. The summed E-state index contributed by atoms with van der Waals surface area (Å²) in [4.78, 5) is 12.2. The molecule has 1 fully saturated rings. The fourth-order valence-corrected chi connectivity index (χ4v) is 4.11. The topological polar surface area (TPSA) is 66.5 Å². The third kappa shape index (κ3) is 5.04. The first-order valence-electron chi connectivity index (χ1n) is 8.14. The molecule has 1 amide bonds. The summed E-state index contributed by atoms with van der Waals surface area (Å²) in [5, 5.41) is 2.79. The molecule has 0 heterocycles. The van der Waals surface area contributed by atoms with Gasteiger partial charge in [-0.3, -0.25) is 4.79 Å². The lowest BCUT2D eigenvalue weighted by Crippen LogP contribution is -2.43. The van der Waals surface area contributed by atoms with Crippen LogP contribution < -0.4 is 5.32 Å². The quantitative estimate of drug-likeness (QED) is 0.867. The highest BCUT2D eigenvalue weighted by Gasteiger charge is 2.30. The molecule has 0 atom stereocenters. The molecular formula is C17H26N2O3S. The van der Waals surface area contributed by atoms with Gasteiger partial charge >= 0.3 is 0 Å². The molecule has 1 aliphatic rings. The molecule has 1 aliphatic carbocycles. The Kier molecular flexibility index (Phi) is 5.81. The van der Waals surface area contributed by atoms with Crippen LogP contribution in [0.2, 0.25) is 0 Å². The van der Waals surface area contributed by atoms with E-state index >= 15 is 0 Å². The Morgan fingerprint density at radius 3 is 2.26 bits per heavy atom. The maximum atomic E-state index is 12.2. The molecule has 0 unspecified atom stereocenters. The van der Waals surface area contributed by atoms with Gasteiger partial charge in [0, 0.05) is 11.7 Å². The van der Waals surface area contributed by atoms with E-state index in [1.54, 1.807) is 0 Å². The first kappa shape index (κ1) is 17.9. The molecule has 1 aromatic carbocycles. The van der Waals surface area contributed by atoms with Crippen molar-refractivity contribution in [3.63, 3.8) is 0 Å². The van der Waals surface area contributed by atoms with Crippen molar-refractivity contribution in [1.29, 1.82) is 0 Å². The van der Waals surface area contributed by atoms with Crippen molar-refractivity contribution in [1.82, 2.24) is 4.31 Å². The minimum absolute atomic E-state index is 0.0425. The molecule has 0 radical (unpaired) electrons. The number of carbonyl (C=O) groups excluding carboxylic acids is 1.